The van der Waals surface area contributed by atoms with E-state index in [1.165, 1.54) is 0 Å². The van der Waals surface area contributed by atoms with Crippen molar-refractivity contribution in [1.82, 2.24) is 0 Å². The smallest absolute Gasteiger partial charge is 0.311 e. The van der Waals surface area contributed by atoms with Crippen LogP contribution in [0.2, 0.25) is 0 Å². The first kappa shape index (κ1) is 33.7. The number of aromatic hydroxyl groups is 2. The number of fused-ring (bicyclic) bond motifs is 2. The molecule has 8 nitrogen and oxygen atoms in total. The lowest BCUT2D eigenvalue weighted by Gasteiger charge is -2.49. The predicted octanol–water partition coefficient (Wildman–Crippen LogP) is 7.87. The number of allylic oxidation sites excluding steroid dienone is 2. The molecule has 46 heavy (non-hydrogen) atoms. The van der Waals surface area contributed by atoms with Gasteiger partial charge in [-0.1, -0.05) is 12.2 Å². The molecule has 4 unspecified atom stereocenters. The van der Waals surface area contributed by atoms with Crippen molar-refractivity contribution in [2.75, 3.05) is 0 Å². The number of carboxylic acid groups (broad SMARTS) is 2. The van der Waals surface area contributed by atoms with Crippen molar-refractivity contribution in [2.24, 2.45) is 10.8 Å². The number of hydrogen-bond donors (Lipinski definition) is 4. The minimum atomic E-state index is -1.53. The van der Waals surface area contributed by atoms with Gasteiger partial charge in [-0.25, -0.2) is 0 Å². The number of carboxylic acids is 2. The van der Waals surface area contributed by atoms with Gasteiger partial charge in [-0.3, -0.25) is 9.59 Å². The summed E-state index contributed by atoms with van der Waals surface area (Å²) >= 11 is 0. The minimum absolute atomic E-state index is 0.129. The van der Waals surface area contributed by atoms with E-state index in [4.69, 9.17) is 9.47 Å². The molecule has 0 saturated carbocycles. The van der Waals surface area contributed by atoms with E-state index in [-0.39, 0.29) is 37.2 Å². The topological polar surface area (TPSA) is 134 Å². The number of phenolic OH excluding ortho intramolecular Hbond substituents is 2. The van der Waals surface area contributed by atoms with Gasteiger partial charge >= 0.3 is 11.9 Å². The first-order valence-corrected chi connectivity index (χ1v) is 16.6. The molecule has 0 saturated heterocycles. The van der Waals surface area contributed by atoms with Crippen LogP contribution in [-0.2, 0) is 22.4 Å². The van der Waals surface area contributed by atoms with Crippen LogP contribution >= 0.6 is 0 Å². The van der Waals surface area contributed by atoms with Crippen LogP contribution < -0.4 is 9.47 Å². The Morgan fingerprint density at radius 2 is 0.957 bits per heavy atom. The summed E-state index contributed by atoms with van der Waals surface area (Å²) < 4.78 is 13.3. The summed E-state index contributed by atoms with van der Waals surface area (Å²) in [5.74, 6) is -0.127. The molecule has 8 heteroatoms. The maximum absolute atomic E-state index is 13.4. The van der Waals surface area contributed by atoms with Gasteiger partial charge in [0.15, 0.2) is 0 Å². The third-order valence-corrected chi connectivity index (χ3v) is 12.2. The normalized spacial score (nSPS) is 28.5. The summed E-state index contributed by atoms with van der Waals surface area (Å²) in [6.45, 7) is 15.4. The van der Waals surface area contributed by atoms with E-state index in [0.29, 0.717) is 38.5 Å². The van der Waals surface area contributed by atoms with Crippen molar-refractivity contribution in [3.63, 3.8) is 0 Å². The van der Waals surface area contributed by atoms with Gasteiger partial charge in [0.05, 0.1) is 10.8 Å². The van der Waals surface area contributed by atoms with Crippen molar-refractivity contribution in [2.45, 2.75) is 131 Å². The van der Waals surface area contributed by atoms with Crippen molar-refractivity contribution >= 4 is 11.9 Å². The summed E-state index contributed by atoms with van der Waals surface area (Å²) in [5.41, 5.74) is 2.39. The minimum Gasteiger partial charge on any atom is -0.507 e. The lowest BCUT2D eigenvalue weighted by atomic mass is 9.53. The molecule has 1 aliphatic carbocycles. The molecule has 0 spiro atoms. The first-order valence-electron chi connectivity index (χ1n) is 16.6. The van der Waals surface area contributed by atoms with E-state index < -0.39 is 34.0 Å². The second-order valence-electron chi connectivity index (χ2n) is 14.8. The largest absolute Gasteiger partial charge is 0.507 e. The highest BCUT2D eigenvalue weighted by Crippen LogP contribution is 2.57. The molecule has 3 aliphatic rings. The summed E-state index contributed by atoms with van der Waals surface area (Å²) in [6.07, 6.45) is 7.59. The maximum Gasteiger partial charge on any atom is 0.311 e. The molecule has 5 rings (SSSR count). The Kier molecular flexibility index (Phi) is 8.44. The highest BCUT2D eigenvalue weighted by molar-refractivity contribution is 5.87. The number of benzene rings is 2. The molecule has 250 valence electrons. The van der Waals surface area contributed by atoms with E-state index in [9.17, 15) is 30.0 Å². The Bertz CT molecular complexity index is 1520. The van der Waals surface area contributed by atoms with Crippen molar-refractivity contribution in [1.29, 1.82) is 0 Å². The predicted molar refractivity (Wildman–Crippen MR) is 176 cm³/mol. The summed E-state index contributed by atoms with van der Waals surface area (Å²) in [6, 6.07) is 0. The van der Waals surface area contributed by atoms with E-state index in [0.717, 1.165) is 56.0 Å². The van der Waals surface area contributed by atoms with Crippen LogP contribution in [0.5, 0.6) is 23.0 Å². The lowest BCUT2D eigenvalue weighted by molar-refractivity contribution is -0.179. The molecule has 0 aromatic heterocycles. The van der Waals surface area contributed by atoms with Gasteiger partial charge in [0.1, 0.15) is 34.2 Å². The molecule has 4 atom stereocenters. The zero-order chi connectivity index (χ0) is 34.0. The van der Waals surface area contributed by atoms with Gasteiger partial charge in [0, 0.05) is 11.1 Å². The molecule has 2 heterocycles. The SMILES string of the molecule is Cc1c(C)c2c(c(C)c1O)CCC(C)(CCC1(C(=O)O)CC=CCC1(CCC1(C)CCc3c(C)c(O)c(C)c(C)c3O1)C(=O)O)O2. The van der Waals surface area contributed by atoms with Crippen LogP contribution in [0.1, 0.15) is 110 Å². The molecule has 0 amide bonds. The number of ether oxygens (including phenoxy) is 2. The fourth-order valence-corrected chi connectivity index (χ4v) is 8.34. The van der Waals surface area contributed by atoms with Crippen molar-refractivity contribution in [3.8, 4) is 23.0 Å². The van der Waals surface area contributed by atoms with E-state index in [2.05, 4.69) is 0 Å². The third kappa shape index (κ3) is 5.12. The van der Waals surface area contributed by atoms with Gasteiger partial charge < -0.3 is 29.9 Å². The number of carbonyl (C=O) groups is 2. The van der Waals surface area contributed by atoms with Gasteiger partial charge in [0.25, 0.3) is 0 Å². The van der Waals surface area contributed by atoms with Gasteiger partial charge in [-0.15, -0.1) is 0 Å². The fourth-order valence-electron chi connectivity index (χ4n) is 8.34. The Morgan fingerprint density at radius 3 is 1.28 bits per heavy atom. The number of aliphatic carboxylic acids is 2. The highest BCUT2D eigenvalue weighted by Gasteiger charge is 2.62. The molecule has 2 aromatic rings. The average Bonchev–Trinajstić information content (AvgIpc) is 3.02. The Hall–Kier alpha value is -3.68. The van der Waals surface area contributed by atoms with Crippen LogP contribution in [0.4, 0.5) is 0 Å². The van der Waals surface area contributed by atoms with Crippen LogP contribution in [0.15, 0.2) is 12.2 Å². The maximum atomic E-state index is 13.4. The van der Waals surface area contributed by atoms with Gasteiger partial charge in [0.2, 0.25) is 0 Å². The Labute approximate surface area is 272 Å². The highest BCUT2D eigenvalue weighted by atomic mass is 16.5. The fraction of sp³-hybridized carbons (Fsp3) is 0.579. The summed E-state index contributed by atoms with van der Waals surface area (Å²) in [5, 5.41) is 43.1. The molecule has 0 bridgehead atoms. The van der Waals surface area contributed by atoms with Crippen molar-refractivity contribution in [3.05, 3.63) is 56.7 Å². The first-order chi connectivity index (χ1) is 21.4. The molecular weight excluding hydrogens is 584 g/mol. The van der Waals surface area contributed by atoms with Crippen LogP contribution in [0, 0.1) is 52.4 Å². The number of hydrogen-bond acceptors (Lipinski definition) is 6. The molecular formula is C38H50O8. The second-order valence-corrected chi connectivity index (χ2v) is 14.8. The summed E-state index contributed by atoms with van der Waals surface area (Å²) in [4.78, 5) is 26.8. The van der Waals surface area contributed by atoms with Crippen LogP contribution in [0.3, 0.4) is 0 Å². The standard InChI is InChI=1S/C38H50O8/c1-21-23(3)31-27(25(5)29(21)39)11-15-35(7,45-31)17-19-37(33(41)42)13-9-10-14-38(37,34(43)44)20-18-36(8)16-12-28-26(6)30(40)22(2)24(4)32(28)46-36/h9-10,39-40H,11-20H2,1-8H3,(H,41,42)(H,43,44). The molecule has 0 fully saturated rings. The second kappa shape index (κ2) is 11.5. The van der Waals surface area contributed by atoms with Crippen LogP contribution in [0.25, 0.3) is 0 Å². The number of rotatable bonds is 8. The quantitative estimate of drug-likeness (QED) is 0.216. The van der Waals surface area contributed by atoms with Crippen molar-refractivity contribution < 1.29 is 39.5 Å². The van der Waals surface area contributed by atoms with Gasteiger partial charge in [-0.05, 0) is 153 Å². The Balaban J connectivity index is 1.44. The molecule has 4 N–H and O–H groups in total. The molecule has 2 aromatic carbocycles. The van der Waals surface area contributed by atoms with E-state index >= 15 is 0 Å². The van der Waals surface area contributed by atoms with Crippen LogP contribution in [-0.4, -0.2) is 43.6 Å². The zero-order valence-corrected chi connectivity index (χ0v) is 28.6. The Morgan fingerprint density at radius 1 is 0.609 bits per heavy atom. The van der Waals surface area contributed by atoms with Gasteiger partial charge in [-0.2, -0.15) is 0 Å². The average molecular weight is 635 g/mol. The molecule has 0 radical (unpaired) electrons. The number of phenols is 2. The third-order valence-electron chi connectivity index (χ3n) is 12.2. The molecule has 2 aliphatic heterocycles. The zero-order valence-electron chi connectivity index (χ0n) is 28.6. The monoisotopic (exact) mass is 634 g/mol. The van der Waals surface area contributed by atoms with E-state index in [1.54, 1.807) is 0 Å². The van der Waals surface area contributed by atoms with E-state index in [1.807, 2.05) is 67.5 Å². The summed E-state index contributed by atoms with van der Waals surface area (Å²) in [7, 11) is 0. The lowest BCUT2D eigenvalue weighted by Crippen LogP contribution is -2.55.